The molecule has 0 unspecified atom stereocenters. The van der Waals surface area contributed by atoms with Gasteiger partial charge in [-0.25, -0.2) is 9.37 Å². The highest BCUT2D eigenvalue weighted by molar-refractivity contribution is 6.35. The van der Waals surface area contributed by atoms with E-state index < -0.39 is 40.3 Å². The van der Waals surface area contributed by atoms with Crippen molar-refractivity contribution in [2.75, 3.05) is 33.7 Å². The highest BCUT2D eigenvalue weighted by Gasteiger charge is 2.52. The summed E-state index contributed by atoms with van der Waals surface area (Å²) in [6.45, 7) is 4.94. The number of nitrogens with zero attached hydrogens (tertiary/aromatic N) is 4. The molecule has 1 aromatic heterocycles. The molecular formula is C29H37FN6O5. The van der Waals surface area contributed by atoms with Gasteiger partial charge in [0.15, 0.2) is 5.69 Å². The van der Waals surface area contributed by atoms with Gasteiger partial charge >= 0.3 is 11.8 Å². The molecule has 1 saturated carbocycles. The van der Waals surface area contributed by atoms with Crippen LogP contribution in [-0.4, -0.2) is 75.9 Å². The third-order valence-electron chi connectivity index (χ3n) is 8.98. The first-order valence-electron chi connectivity index (χ1n) is 14.1. The maximum atomic E-state index is 13.7. The van der Waals surface area contributed by atoms with Crippen molar-refractivity contribution in [2.24, 2.45) is 5.41 Å². The number of amides is 3. The number of aromatic hydroxyl groups is 1. The summed E-state index contributed by atoms with van der Waals surface area (Å²) in [5.74, 6) is -3.30. The number of halogens is 1. The number of carbonyl (C=O) groups excluding carboxylic acids is 3. The van der Waals surface area contributed by atoms with Crippen LogP contribution in [0.25, 0.3) is 0 Å². The van der Waals surface area contributed by atoms with Crippen molar-refractivity contribution in [1.29, 1.82) is 0 Å². The van der Waals surface area contributed by atoms with Gasteiger partial charge in [0, 0.05) is 27.2 Å². The first kappa shape index (κ1) is 28.7. The molecule has 0 spiro atoms. The van der Waals surface area contributed by atoms with Crippen LogP contribution in [0, 0.1) is 18.2 Å². The molecule has 1 aromatic carbocycles. The molecule has 4 aliphatic rings. The number of benzene rings is 1. The Hall–Kier alpha value is -3.80. The maximum Gasteiger partial charge on any atom is 0.311 e. The predicted octanol–water partition coefficient (Wildman–Crippen LogP) is 1.40. The Morgan fingerprint density at radius 1 is 1.15 bits per heavy atom. The van der Waals surface area contributed by atoms with Crippen molar-refractivity contribution in [1.82, 2.24) is 30.0 Å². The van der Waals surface area contributed by atoms with E-state index in [-0.39, 0.29) is 23.6 Å². The normalized spacial score (nSPS) is 23.2. The molecule has 41 heavy (non-hydrogen) atoms. The van der Waals surface area contributed by atoms with Gasteiger partial charge in [0.2, 0.25) is 5.75 Å². The minimum absolute atomic E-state index is 0.0261. The van der Waals surface area contributed by atoms with Crippen LogP contribution >= 0.6 is 0 Å². The second-order valence-electron chi connectivity index (χ2n) is 12.0. The number of rotatable bonds is 7. The molecule has 2 fully saturated rings. The van der Waals surface area contributed by atoms with E-state index >= 15 is 0 Å². The number of likely N-dealkylation sites (N-methyl/N-ethyl adjacent to an activating group) is 1. The number of hydrogen-bond acceptors (Lipinski definition) is 7. The lowest BCUT2D eigenvalue weighted by molar-refractivity contribution is -0.145. The second kappa shape index (κ2) is 10.9. The molecule has 220 valence electrons. The summed E-state index contributed by atoms with van der Waals surface area (Å²) in [6.07, 6.45) is 4.27. The Morgan fingerprint density at radius 2 is 1.85 bits per heavy atom. The lowest BCUT2D eigenvalue weighted by atomic mass is 9.66. The monoisotopic (exact) mass is 568 g/mol. The molecule has 4 heterocycles. The molecule has 2 bridgehead atoms. The zero-order valence-electron chi connectivity index (χ0n) is 23.8. The summed E-state index contributed by atoms with van der Waals surface area (Å²) < 4.78 is 15.1. The van der Waals surface area contributed by atoms with Gasteiger partial charge in [-0.3, -0.25) is 23.7 Å². The van der Waals surface area contributed by atoms with Gasteiger partial charge in [-0.05, 0) is 87.7 Å². The lowest BCUT2D eigenvalue weighted by Crippen LogP contribution is -2.54. The standard InChI is InChI=1S/C29H37FN6O5/c1-18-15-19(5-6-20(18)30)16-31-23(38)21-22(37)25(40)36-17-28(11-14-35-12-4-13-35)7-9-29(10-8-28,27(36)32-21)33-24(39)26(41)34(2)3/h5-6,15,37H,4,7-14,16-17H2,1-3H3,(H,31,38)(H,33,39). The Balaban J connectivity index is 1.50. The Bertz CT molecular complexity index is 1440. The topological polar surface area (TPSA) is 137 Å². The Kier molecular flexibility index (Phi) is 7.62. The number of carbonyl (C=O) groups is 3. The fraction of sp³-hybridized carbons (Fsp3) is 0.552. The van der Waals surface area contributed by atoms with Gasteiger partial charge < -0.3 is 25.5 Å². The van der Waals surface area contributed by atoms with Crippen LogP contribution in [-0.2, 0) is 28.2 Å². The zero-order chi connectivity index (χ0) is 29.5. The molecule has 11 nitrogen and oxygen atoms in total. The molecular weight excluding hydrogens is 531 g/mol. The molecule has 6 rings (SSSR count). The van der Waals surface area contributed by atoms with Crippen molar-refractivity contribution in [3.63, 3.8) is 0 Å². The number of nitrogens with one attached hydrogen (secondary N) is 2. The fourth-order valence-electron chi connectivity index (χ4n) is 6.21. The van der Waals surface area contributed by atoms with Gasteiger partial charge in [0.05, 0.1) is 5.54 Å². The number of aromatic nitrogens is 2. The van der Waals surface area contributed by atoms with Crippen molar-refractivity contribution in [3.8, 4) is 5.75 Å². The van der Waals surface area contributed by atoms with Gasteiger partial charge in [0.1, 0.15) is 11.6 Å². The smallest absolute Gasteiger partial charge is 0.311 e. The number of aryl methyl sites for hydroxylation is 1. The molecule has 2 aromatic rings. The maximum absolute atomic E-state index is 13.7. The summed E-state index contributed by atoms with van der Waals surface area (Å²) in [4.78, 5) is 60.4. The van der Waals surface area contributed by atoms with E-state index in [0.29, 0.717) is 43.4 Å². The van der Waals surface area contributed by atoms with Gasteiger partial charge in [-0.15, -0.1) is 0 Å². The van der Waals surface area contributed by atoms with Gasteiger partial charge in [-0.2, -0.15) is 0 Å². The molecule has 3 N–H and O–H groups in total. The van der Waals surface area contributed by atoms with Crippen molar-refractivity contribution in [3.05, 3.63) is 57.0 Å². The number of hydrogen-bond donors (Lipinski definition) is 3. The van der Waals surface area contributed by atoms with E-state index in [2.05, 4.69) is 20.5 Å². The van der Waals surface area contributed by atoms with E-state index in [0.717, 1.165) is 26.1 Å². The van der Waals surface area contributed by atoms with Crippen molar-refractivity contribution >= 4 is 17.7 Å². The predicted molar refractivity (Wildman–Crippen MR) is 148 cm³/mol. The summed E-state index contributed by atoms with van der Waals surface area (Å²) in [6, 6.07) is 4.43. The van der Waals surface area contributed by atoms with Crippen molar-refractivity contribution < 1.29 is 23.9 Å². The average Bonchev–Trinajstić information content (AvgIpc) is 3.13. The third kappa shape index (κ3) is 5.44. The van der Waals surface area contributed by atoms with Crippen LogP contribution in [0.15, 0.2) is 23.0 Å². The quantitative estimate of drug-likeness (QED) is 0.430. The SMILES string of the molecule is Cc1cc(CNC(=O)c2nc3n(c(=O)c2O)CC2(CCN4CCC4)CCC3(NC(=O)C(=O)N(C)C)CC2)ccc1F. The molecule has 3 aliphatic heterocycles. The summed E-state index contributed by atoms with van der Waals surface area (Å²) >= 11 is 0. The van der Waals surface area contributed by atoms with E-state index in [1.165, 1.54) is 42.1 Å². The molecule has 3 amide bonds. The largest absolute Gasteiger partial charge is 0.501 e. The summed E-state index contributed by atoms with van der Waals surface area (Å²) in [5.41, 5.74) is -1.56. The molecule has 1 aliphatic carbocycles. The van der Waals surface area contributed by atoms with E-state index in [4.69, 9.17) is 0 Å². The summed E-state index contributed by atoms with van der Waals surface area (Å²) in [5, 5.41) is 16.4. The van der Waals surface area contributed by atoms with Crippen LogP contribution in [0.4, 0.5) is 4.39 Å². The van der Waals surface area contributed by atoms with Crippen LogP contribution in [0.1, 0.15) is 66.0 Å². The van der Waals surface area contributed by atoms with Crippen LogP contribution in [0.3, 0.4) is 0 Å². The van der Waals surface area contributed by atoms with E-state index in [1.807, 2.05) is 0 Å². The molecule has 12 heteroatoms. The Labute approximate surface area is 237 Å². The van der Waals surface area contributed by atoms with Gasteiger partial charge in [-0.1, -0.05) is 12.1 Å². The van der Waals surface area contributed by atoms with E-state index in [1.54, 1.807) is 13.0 Å². The van der Waals surface area contributed by atoms with Crippen molar-refractivity contribution in [2.45, 2.75) is 64.1 Å². The lowest BCUT2D eigenvalue weighted by Gasteiger charge is -2.43. The highest BCUT2D eigenvalue weighted by Crippen LogP contribution is 2.51. The molecule has 1 saturated heterocycles. The first-order chi connectivity index (χ1) is 19.4. The third-order valence-corrected chi connectivity index (χ3v) is 8.98. The summed E-state index contributed by atoms with van der Waals surface area (Å²) in [7, 11) is 2.96. The zero-order valence-corrected chi connectivity index (χ0v) is 23.8. The van der Waals surface area contributed by atoms with Gasteiger partial charge in [0.25, 0.3) is 11.5 Å². The minimum Gasteiger partial charge on any atom is -0.501 e. The number of fused-ring (bicyclic) bond motifs is 2. The fourth-order valence-corrected chi connectivity index (χ4v) is 6.21. The molecule has 0 radical (unpaired) electrons. The number of likely N-dealkylation sites (tertiary alicyclic amines) is 1. The second-order valence-corrected chi connectivity index (χ2v) is 12.0. The van der Waals surface area contributed by atoms with Crippen LogP contribution < -0.4 is 16.2 Å². The van der Waals surface area contributed by atoms with Crippen LogP contribution in [0.2, 0.25) is 0 Å². The average molecular weight is 569 g/mol. The Morgan fingerprint density at radius 3 is 2.46 bits per heavy atom. The van der Waals surface area contributed by atoms with Crippen LogP contribution in [0.5, 0.6) is 5.75 Å². The minimum atomic E-state index is -1.16. The molecule has 0 atom stereocenters. The first-order valence-corrected chi connectivity index (χ1v) is 14.1. The highest BCUT2D eigenvalue weighted by atomic mass is 19.1. The van der Waals surface area contributed by atoms with E-state index in [9.17, 15) is 28.7 Å².